The SMILES string of the molecule is CSc1nnc(CCCNC(=O)CN(C)C(C)C)n1C1CCCC1. The van der Waals surface area contributed by atoms with E-state index in [9.17, 15) is 4.79 Å². The van der Waals surface area contributed by atoms with Crippen LogP contribution in [-0.2, 0) is 11.2 Å². The van der Waals surface area contributed by atoms with Gasteiger partial charge in [-0.2, -0.15) is 0 Å². The lowest BCUT2D eigenvalue weighted by atomic mass is 10.2. The van der Waals surface area contributed by atoms with Crippen LogP contribution in [-0.4, -0.2) is 58.0 Å². The zero-order valence-electron chi connectivity index (χ0n) is 15.4. The highest BCUT2D eigenvalue weighted by molar-refractivity contribution is 7.98. The topological polar surface area (TPSA) is 63.1 Å². The molecule has 7 heteroatoms. The van der Waals surface area contributed by atoms with E-state index in [0.29, 0.717) is 25.2 Å². The van der Waals surface area contributed by atoms with Crippen LogP contribution in [0.1, 0.15) is 57.8 Å². The molecule has 0 aliphatic heterocycles. The zero-order valence-corrected chi connectivity index (χ0v) is 16.2. The highest BCUT2D eigenvalue weighted by atomic mass is 32.2. The summed E-state index contributed by atoms with van der Waals surface area (Å²) in [5, 5.41) is 12.8. The molecule has 0 bridgehead atoms. The van der Waals surface area contributed by atoms with E-state index >= 15 is 0 Å². The maximum Gasteiger partial charge on any atom is 0.234 e. The van der Waals surface area contributed by atoms with Gasteiger partial charge in [-0.05, 0) is 46.4 Å². The molecule has 1 aromatic rings. The molecule has 1 aromatic heterocycles. The van der Waals surface area contributed by atoms with Crippen LogP contribution in [0, 0.1) is 0 Å². The summed E-state index contributed by atoms with van der Waals surface area (Å²) in [7, 11) is 1.97. The van der Waals surface area contributed by atoms with E-state index in [-0.39, 0.29) is 5.91 Å². The van der Waals surface area contributed by atoms with E-state index in [1.165, 1.54) is 25.7 Å². The lowest BCUT2D eigenvalue weighted by Gasteiger charge is -2.20. The Labute approximate surface area is 149 Å². The molecule has 1 N–H and O–H groups in total. The van der Waals surface area contributed by atoms with E-state index < -0.39 is 0 Å². The van der Waals surface area contributed by atoms with Crippen molar-refractivity contribution >= 4 is 17.7 Å². The number of carbonyl (C=O) groups excluding carboxylic acids is 1. The summed E-state index contributed by atoms with van der Waals surface area (Å²) in [4.78, 5) is 13.9. The Balaban J connectivity index is 1.80. The molecule has 24 heavy (non-hydrogen) atoms. The molecule has 1 aliphatic carbocycles. The van der Waals surface area contributed by atoms with E-state index in [0.717, 1.165) is 23.8 Å². The van der Waals surface area contributed by atoms with Gasteiger partial charge >= 0.3 is 0 Å². The third kappa shape index (κ3) is 5.21. The van der Waals surface area contributed by atoms with Gasteiger partial charge < -0.3 is 9.88 Å². The van der Waals surface area contributed by atoms with Gasteiger partial charge in [-0.1, -0.05) is 24.6 Å². The van der Waals surface area contributed by atoms with E-state index in [1.807, 2.05) is 11.9 Å². The van der Waals surface area contributed by atoms with Gasteiger partial charge in [0.05, 0.1) is 6.54 Å². The lowest BCUT2D eigenvalue weighted by Crippen LogP contribution is -2.38. The average Bonchev–Trinajstić information content (AvgIpc) is 3.19. The van der Waals surface area contributed by atoms with E-state index in [4.69, 9.17) is 0 Å². The Morgan fingerprint density at radius 1 is 1.38 bits per heavy atom. The summed E-state index contributed by atoms with van der Waals surface area (Å²) < 4.78 is 2.34. The van der Waals surface area contributed by atoms with Crippen molar-refractivity contribution in [2.45, 2.75) is 69.6 Å². The molecule has 1 aliphatic rings. The minimum atomic E-state index is 0.0910. The Morgan fingerprint density at radius 3 is 2.71 bits per heavy atom. The van der Waals surface area contributed by atoms with Crippen LogP contribution >= 0.6 is 11.8 Å². The number of hydrogen-bond acceptors (Lipinski definition) is 5. The van der Waals surface area contributed by atoms with Gasteiger partial charge in [-0.15, -0.1) is 10.2 Å². The molecule has 1 amide bonds. The predicted molar refractivity (Wildman–Crippen MR) is 98.4 cm³/mol. The number of carbonyl (C=O) groups is 1. The fourth-order valence-corrected chi connectivity index (χ4v) is 3.66. The molecule has 1 saturated carbocycles. The molecule has 1 heterocycles. The largest absolute Gasteiger partial charge is 0.355 e. The van der Waals surface area contributed by atoms with E-state index in [2.05, 4.69) is 40.2 Å². The molecule has 0 radical (unpaired) electrons. The normalized spacial score (nSPS) is 15.6. The van der Waals surface area contributed by atoms with Gasteiger partial charge in [0.2, 0.25) is 5.91 Å². The Hall–Kier alpha value is -1.08. The van der Waals surface area contributed by atoms with Gasteiger partial charge in [0, 0.05) is 25.0 Å². The first-order valence-electron chi connectivity index (χ1n) is 8.97. The number of hydrogen-bond donors (Lipinski definition) is 1. The Bertz CT molecular complexity index is 525. The zero-order chi connectivity index (χ0) is 17.5. The second kappa shape index (κ2) is 9.42. The van der Waals surface area contributed by atoms with Gasteiger partial charge in [0.15, 0.2) is 5.16 Å². The van der Waals surface area contributed by atoms with Crippen LogP contribution in [0.2, 0.25) is 0 Å². The summed E-state index contributed by atoms with van der Waals surface area (Å²) in [5.74, 6) is 1.16. The highest BCUT2D eigenvalue weighted by Gasteiger charge is 2.23. The fourth-order valence-electron chi connectivity index (χ4n) is 3.09. The number of likely N-dealkylation sites (N-methyl/N-ethyl adjacent to an activating group) is 1. The third-order valence-electron chi connectivity index (χ3n) is 4.78. The number of nitrogens with one attached hydrogen (secondary N) is 1. The minimum absolute atomic E-state index is 0.0910. The maximum atomic E-state index is 11.9. The number of rotatable bonds is 9. The number of aryl methyl sites for hydroxylation is 1. The fraction of sp³-hybridized carbons (Fsp3) is 0.824. The third-order valence-corrected chi connectivity index (χ3v) is 5.42. The first-order chi connectivity index (χ1) is 11.5. The number of amides is 1. The summed E-state index contributed by atoms with van der Waals surface area (Å²) in [6, 6.07) is 0.942. The van der Waals surface area contributed by atoms with Gasteiger partial charge in [-0.3, -0.25) is 9.69 Å². The van der Waals surface area contributed by atoms with Crippen LogP contribution in [0.3, 0.4) is 0 Å². The van der Waals surface area contributed by atoms with Gasteiger partial charge in [-0.25, -0.2) is 0 Å². The van der Waals surface area contributed by atoms with E-state index in [1.54, 1.807) is 11.8 Å². The molecule has 0 saturated heterocycles. The van der Waals surface area contributed by atoms with Crippen molar-refractivity contribution in [3.63, 3.8) is 0 Å². The molecule has 0 spiro atoms. The molecule has 1 fully saturated rings. The van der Waals surface area contributed by atoms with Crippen molar-refractivity contribution in [1.82, 2.24) is 25.0 Å². The molecule has 6 nitrogen and oxygen atoms in total. The minimum Gasteiger partial charge on any atom is -0.355 e. The molecule has 0 atom stereocenters. The Morgan fingerprint density at radius 2 is 2.08 bits per heavy atom. The predicted octanol–water partition coefficient (Wildman–Crippen LogP) is 2.50. The number of aromatic nitrogens is 3. The van der Waals surface area contributed by atoms with Crippen LogP contribution in [0.5, 0.6) is 0 Å². The first kappa shape index (κ1) is 19.2. The van der Waals surface area contributed by atoms with Crippen LogP contribution in [0.4, 0.5) is 0 Å². The van der Waals surface area contributed by atoms with Crippen molar-refractivity contribution in [3.8, 4) is 0 Å². The van der Waals surface area contributed by atoms with Crippen molar-refractivity contribution in [1.29, 1.82) is 0 Å². The standard InChI is InChI=1S/C17H31N5OS/c1-13(2)21(3)12-16(23)18-11-7-10-15-19-20-17(24-4)22(15)14-8-5-6-9-14/h13-14H,5-12H2,1-4H3,(H,18,23). The quantitative estimate of drug-likeness (QED) is 0.546. The summed E-state index contributed by atoms with van der Waals surface area (Å²) in [5.41, 5.74) is 0. The second-order valence-electron chi connectivity index (χ2n) is 6.87. The summed E-state index contributed by atoms with van der Waals surface area (Å²) in [6.45, 7) is 5.32. The number of thioether (sulfide) groups is 1. The van der Waals surface area contributed by atoms with Crippen molar-refractivity contribution in [2.24, 2.45) is 0 Å². The molecular weight excluding hydrogens is 322 g/mol. The molecule has 2 rings (SSSR count). The Kier molecular flexibility index (Phi) is 7.55. The summed E-state index contributed by atoms with van der Waals surface area (Å²) in [6.07, 6.45) is 8.89. The molecule has 0 aromatic carbocycles. The molecule has 136 valence electrons. The summed E-state index contributed by atoms with van der Waals surface area (Å²) >= 11 is 1.67. The molecule has 0 unspecified atom stereocenters. The van der Waals surface area contributed by atoms with Gasteiger partial charge in [0.1, 0.15) is 5.82 Å². The van der Waals surface area contributed by atoms with Crippen molar-refractivity contribution in [3.05, 3.63) is 5.82 Å². The van der Waals surface area contributed by atoms with Crippen LogP contribution < -0.4 is 5.32 Å². The smallest absolute Gasteiger partial charge is 0.234 e. The highest BCUT2D eigenvalue weighted by Crippen LogP contribution is 2.33. The van der Waals surface area contributed by atoms with Crippen LogP contribution in [0.25, 0.3) is 0 Å². The first-order valence-corrected chi connectivity index (χ1v) is 10.2. The maximum absolute atomic E-state index is 11.9. The molecular formula is C17H31N5OS. The number of nitrogens with zero attached hydrogens (tertiary/aromatic N) is 4. The van der Waals surface area contributed by atoms with Crippen LogP contribution in [0.15, 0.2) is 5.16 Å². The second-order valence-corrected chi connectivity index (χ2v) is 7.65. The lowest BCUT2D eigenvalue weighted by molar-refractivity contribution is -0.122. The van der Waals surface area contributed by atoms with Gasteiger partial charge in [0.25, 0.3) is 0 Å². The monoisotopic (exact) mass is 353 g/mol. The van der Waals surface area contributed by atoms with Crippen molar-refractivity contribution < 1.29 is 4.79 Å². The average molecular weight is 354 g/mol. The van der Waals surface area contributed by atoms with Crippen molar-refractivity contribution in [2.75, 3.05) is 26.4 Å².